The first-order valence-corrected chi connectivity index (χ1v) is 16.5. The summed E-state index contributed by atoms with van der Waals surface area (Å²) in [6.07, 6.45) is 13.6. The van der Waals surface area contributed by atoms with Crippen molar-refractivity contribution < 1.29 is 13.2 Å². The molecule has 0 radical (unpaired) electrons. The summed E-state index contributed by atoms with van der Waals surface area (Å²) in [4.78, 5) is 0. The molecule has 2 heterocycles. The van der Waals surface area contributed by atoms with Gasteiger partial charge in [-0.25, -0.2) is 13.1 Å². The lowest BCUT2D eigenvalue weighted by Crippen LogP contribution is -2.50. The van der Waals surface area contributed by atoms with E-state index >= 15 is 0 Å². The van der Waals surface area contributed by atoms with E-state index in [-0.39, 0.29) is 11.6 Å². The highest BCUT2D eigenvalue weighted by Gasteiger charge is 2.59. The molecule has 0 aromatic carbocycles. The number of sulfonamides is 1. The summed E-state index contributed by atoms with van der Waals surface area (Å²) in [5.74, 6) is 4.28. The van der Waals surface area contributed by atoms with E-state index in [1.807, 2.05) is 0 Å². The Hall–Kier alpha value is -0.430. The number of nitrogens with one attached hydrogen (secondary N) is 2. The van der Waals surface area contributed by atoms with Crippen molar-refractivity contribution in [1.29, 1.82) is 0 Å². The molecule has 6 heteroatoms. The van der Waals surface area contributed by atoms with E-state index in [0.29, 0.717) is 35.3 Å². The SMILES string of the molecule is CC1=C2CC3[C@@H](CC[C@@H]4C[C@H](NS(C)(=O)=O)CC[C@]34C)C2CC[C@@]2(C1)O[C@@H]1C[C@H](C)CN[C@H]1[C@H]2C. The van der Waals surface area contributed by atoms with Crippen LogP contribution in [-0.2, 0) is 14.8 Å². The molecule has 198 valence electrons. The van der Waals surface area contributed by atoms with Gasteiger partial charge in [0.1, 0.15) is 0 Å². The van der Waals surface area contributed by atoms with Crippen molar-refractivity contribution in [3.8, 4) is 0 Å². The molecule has 0 aromatic rings. The van der Waals surface area contributed by atoms with Gasteiger partial charge in [0, 0.05) is 18.0 Å². The summed E-state index contributed by atoms with van der Waals surface area (Å²) in [5.41, 5.74) is 3.83. The third kappa shape index (κ3) is 4.08. The van der Waals surface area contributed by atoms with E-state index < -0.39 is 10.0 Å². The van der Waals surface area contributed by atoms with Crippen LogP contribution in [0, 0.1) is 40.9 Å². The van der Waals surface area contributed by atoms with Gasteiger partial charge in [0.2, 0.25) is 10.0 Å². The van der Waals surface area contributed by atoms with Crippen molar-refractivity contribution in [1.82, 2.24) is 10.0 Å². The topological polar surface area (TPSA) is 67.4 Å². The molecule has 11 atom stereocenters. The lowest BCUT2D eigenvalue weighted by molar-refractivity contribution is -0.0746. The molecule has 6 rings (SSSR count). The van der Waals surface area contributed by atoms with Gasteiger partial charge in [-0.15, -0.1) is 0 Å². The Labute approximate surface area is 213 Å². The molecule has 1 spiro atoms. The smallest absolute Gasteiger partial charge is 0.208 e. The van der Waals surface area contributed by atoms with Crippen LogP contribution in [0.3, 0.4) is 0 Å². The zero-order chi connectivity index (χ0) is 24.8. The van der Waals surface area contributed by atoms with E-state index in [1.165, 1.54) is 51.2 Å². The largest absolute Gasteiger partial charge is 0.369 e. The Morgan fingerprint density at radius 2 is 1.89 bits per heavy atom. The van der Waals surface area contributed by atoms with Crippen LogP contribution < -0.4 is 10.0 Å². The summed E-state index contributed by atoms with van der Waals surface area (Å²) in [5, 5.41) is 3.85. The zero-order valence-corrected chi connectivity index (χ0v) is 23.4. The minimum Gasteiger partial charge on any atom is -0.369 e. The molecule has 2 N–H and O–H groups in total. The highest BCUT2D eigenvalue weighted by atomic mass is 32.2. The zero-order valence-electron chi connectivity index (χ0n) is 22.6. The molecule has 3 saturated carbocycles. The first kappa shape index (κ1) is 24.9. The van der Waals surface area contributed by atoms with Crippen molar-refractivity contribution in [3.05, 3.63) is 11.1 Å². The molecule has 2 unspecified atom stereocenters. The number of ether oxygens (including phenoxy) is 1. The third-order valence-corrected chi connectivity index (χ3v) is 12.8. The summed E-state index contributed by atoms with van der Waals surface area (Å²) < 4.78 is 33.7. The fourth-order valence-corrected chi connectivity index (χ4v) is 11.1. The third-order valence-electron chi connectivity index (χ3n) is 12.0. The molecule has 2 aliphatic heterocycles. The van der Waals surface area contributed by atoms with Crippen LogP contribution in [0.1, 0.15) is 91.9 Å². The van der Waals surface area contributed by atoms with E-state index in [9.17, 15) is 8.42 Å². The van der Waals surface area contributed by atoms with Crippen LogP contribution in [0.2, 0.25) is 0 Å². The van der Waals surface area contributed by atoms with Crippen molar-refractivity contribution in [2.75, 3.05) is 12.8 Å². The van der Waals surface area contributed by atoms with Gasteiger partial charge in [0.25, 0.3) is 0 Å². The Kier molecular flexibility index (Phi) is 6.07. The average Bonchev–Trinajstić information content (AvgIpc) is 3.23. The quantitative estimate of drug-likeness (QED) is 0.518. The molecule has 2 saturated heterocycles. The molecule has 0 amide bonds. The van der Waals surface area contributed by atoms with Crippen LogP contribution in [0.4, 0.5) is 0 Å². The van der Waals surface area contributed by atoms with Gasteiger partial charge in [-0.3, -0.25) is 0 Å². The summed E-state index contributed by atoms with van der Waals surface area (Å²) in [7, 11) is -3.13. The second kappa shape index (κ2) is 8.54. The Balaban J connectivity index is 1.22. The number of rotatable bonds is 2. The van der Waals surface area contributed by atoms with Crippen molar-refractivity contribution in [3.63, 3.8) is 0 Å². The monoisotopic (exact) mass is 504 g/mol. The van der Waals surface area contributed by atoms with Gasteiger partial charge >= 0.3 is 0 Å². The van der Waals surface area contributed by atoms with Gasteiger partial charge in [-0.05, 0) is 113 Å². The molecule has 5 fully saturated rings. The van der Waals surface area contributed by atoms with Crippen molar-refractivity contribution in [2.24, 2.45) is 40.9 Å². The minimum atomic E-state index is -3.13. The van der Waals surface area contributed by atoms with Crippen LogP contribution in [0.5, 0.6) is 0 Å². The fourth-order valence-electron chi connectivity index (χ4n) is 10.2. The van der Waals surface area contributed by atoms with Crippen LogP contribution >= 0.6 is 0 Å². The first-order valence-electron chi connectivity index (χ1n) is 14.6. The molecular formula is C29H48N2O3S. The summed E-state index contributed by atoms with van der Waals surface area (Å²) in [6.45, 7) is 11.0. The predicted octanol–water partition coefficient (Wildman–Crippen LogP) is 5.03. The molecule has 6 aliphatic rings. The van der Waals surface area contributed by atoms with E-state index in [2.05, 4.69) is 37.7 Å². The Morgan fingerprint density at radius 1 is 1.09 bits per heavy atom. The number of allylic oxidation sites excluding steroid dienone is 1. The van der Waals surface area contributed by atoms with Gasteiger partial charge in [-0.1, -0.05) is 31.9 Å². The van der Waals surface area contributed by atoms with E-state index in [0.717, 1.165) is 43.6 Å². The lowest BCUT2D eigenvalue weighted by atomic mass is 9.52. The number of hydrogen-bond acceptors (Lipinski definition) is 4. The average molecular weight is 505 g/mol. The molecule has 4 aliphatic carbocycles. The maximum atomic E-state index is 11.9. The minimum absolute atomic E-state index is 0.0276. The molecule has 35 heavy (non-hydrogen) atoms. The maximum absolute atomic E-state index is 11.9. The lowest BCUT2D eigenvalue weighted by Gasteiger charge is -2.54. The van der Waals surface area contributed by atoms with Crippen LogP contribution in [0.25, 0.3) is 0 Å². The summed E-state index contributed by atoms with van der Waals surface area (Å²) in [6, 6.07) is 0.660. The first-order chi connectivity index (χ1) is 16.5. The maximum Gasteiger partial charge on any atom is 0.208 e. The second-order valence-corrected chi connectivity index (χ2v) is 15.8. The normalized spacial score (nSPS) is 52.0. The molecular weight excluding hydrogens is 456 g/mol. The van der Waals surface area contributed by atoms with Crippen molar-refractivity contribution >= 4 is 10.0 Å². The van der Waals surface area contributed by atoms with Gasteiger partial charge < -0.3 is 10.1 Å². The second-order valence-electron chi connectivity index (χ2n) is 14.0. The Bertz CT molecular complexity index is 994. The number of hydrogen-bond donors (Lipinski definition) is 2. The fraction of sp³-hybridized carbons (Fsp3) is 0.931. The van der Waals surface area contributed by atoms with Crippen molar-refractivity contribution in [2.45, 2.75) is 116 Å². The Morgan fingerprint density at radius 3 is 2.66 bits per heavy atom. The van der Waals surface area contributed by atoms with Gasteiger partial charge in [-0.2, -0.15) is 0 Å². The molecule has 0 bridgehead atoms. The highest BCUT2D eigenvalue weighted by molar-refractivity contribution is 7.88. The number of fused-ring (bicyclic) bond motifs is 6. The predicted molar refractivity (Wildman–Crippen MR) is 140 cm³/mol. The van der Waals surface area contributed by atoms with Gasteiger partial charge in [0.05, 0.1) is 18.0 Å². The van der Waals surface area contributed by atoms with E-state index in [4.69, 9.17) is 4.74 Å². The standard InChI is InChI=1S/C29H48N2O3S/c1-17-12-26-27(30-16-17)19(3)29(34-26)11-9-22-23-7-6-20-13-21(31-35(5,32)33)8-10-28(20,4)25(23)14-24(22)18(2)15-29/h17,19-23,25-27,30-31H,6-16H2,1-5H3/t17-,19+,20+,21+,22?,23-,25?,26+,27-,28-,29-/m0/s1. The van der Waals surface area contributed by atoms with Gasteiger partial charge in [0.15, 0.2) is 0 Å². The highest BCUT2D eigenvalue weighted by Crippen LogP contribution is 2.65. The number of piperidine rings is 1. The molecule has 5 nitrogen and oxygen atoms in total. The molecule has 0 aromatic heterocycles. The van der Waals surface area contributed by atoms with Crippen LogP contribution in [0.15, 0.2) is 11.1 Å². The van der Waals surface area contributed by atoms with E-state index in [1.54, 1.807) is 11.1 Å². The summed E-state index contributed by atoms with van der Waals surface area (Å²) >= 11 is 0. The van der Waals surface area contributed by atoms with Crippen LogP contribution in [-0.4, -0.2) is 45.0 Å².